The molecule has 2 N–H and O–H groups in total. The van der Waals surface area contributed by atoms with Gasteiger partial charge >= 0.3 is 0 Å². The lowest BCUT2D eigenvalue weighted by molar-refractivity contribution is -0.134. The van der Waals surface area contributed by atoms with E-state index in [1.807, 2.05) is 17.0 Å². The Hall–Kier alpha value is -1.46. The fraction of sp³-hybridized carbons (Fsp3) is 0.500. The van der Waals surface area contributed by atoms with Crippen molar-refractivity contribution < 1.29 is 14.3 Å². The summed E-state index contributed by atoms with van der Waals surface area (Å²) in [5.41, 5.74) is 5.66. The average Bonchev–Trinajstić information content (AvgIpc) is 2.93. The molecule has 0 aliphatic carbocycles. The lowest BCUT2D eigenvalue weighted by Gasteiger charge is -2.23. The molecule has 5 nitrogen and oxygen atoms in total. The third-order valence-electron chi connectivity index (χ3n) is 3.37. The Morgan fingerprint density at radius 2 is 2.20 bits per heavy atom. The molecule has 0 aromatic heterocycles. The zero-order valence-electron chi connectivity index (χ0n) is 11.6. The standard InChI is InChI=1S/C14H20N2O3.ClH/c1-18-12-5-2-6-13(8-12)19-10-14(17)16-7-3-4-11(16)9-15;/h2,5-6,8,11H,3-4,7,9-10,15H2,1H3;1H. The van der Waals surface area contributed by atoms with Crippen LogP contribution in [0.2, 0.25) is 0 Å². The molecule has 6 heteroatoms. The molecule has 0 radical (unpaired) electrons. The molecule has 1 aromatic rings. The lowest BCUT2D eigenvalue weighted by atomic mass is 10.2. The van der Waals surface area contributed by atoms with Crippen molar-refractivity contribution in [2.45, 2.75) is 18.9 Å². The zero-order chi connectivity index (χ0) is 13.7. The number of carbonyl (C=O) groups excluding carboxylic acids is 1. The first-order valence-corrected chi connectivity index (χ1v) is 6.51. The van der Waals surface area contributed by atoms with Gasteiger partial charge < -0.3 is 20.1 Å². The molecular formula is C14H21ClN2O3. The van der Waals surface area contributed by atoms with Crippen LogP contribution in [0.3, 0.4) is 0 Å². The van der Waals surface area contributed by atoms with Crippen LogP contribution in [0.15, 0.2) is 24.3 Å². The zero-order valence-corrected chi connectivity index (χ0v) is 12.4. The van der Waals surface area contributed by atoms with Crippen LogP contribution >= 0.6 is 12.4 Å². The Bertz CT molecular complexity index is 442. The Labute approximate surface area is 125 Å². The molecule has 112 valence electrons. The topological polar surface area (TPSA) is 64.8 Å². The van der Waals surface area contributed by atoms with Gasteiger partial charge in [0.15, 0.2) is 6.61 Å². The van der Waals surface area contributed by atoms with Crippen LogP contribution in [-0.4, -0.2) is 43.7 Å². The summed E-state index contributed by atoms with van der Waals surface area (Å²) >= 11 is 0. The first kappa shape index (κ1) is 16.6. The number of halogens is 1. The maximum absolute atomic E-state index is 12.1. The number of carbonyl (C=O) groups is 1. The summed E-state index contributed by atoms with van der Waals surface area (Å²) in [7, 11) is 1.60. The molecule has 20 heavy (non-hydrogen) atoms. The van der Waals surface area contributed by atoms with Crippen LogP contribution in [-0.2, 0) is 4.79 Å². The summed E-state index contributed by atoms with van der Waals surface area (Å²) < 4.78 is 10.6. The Morgan fingerprint density at radius 3 is 2.90 bits per heavy atom. The van der Waals surface area contributed by atoms with Gasteiger partial charge in [0.05, 0.1) is 7.11 Å². The van der Waals surface area contributed by atoms with E-state index in [0.717, 1.165) is 19.4 Å². The van der Waals surface area contributed by atoms with E-state index in [-0.39, 0.29) is 31.0 Å². The minimum absolute atomic E-state index is 0. The minimum Gasteiger partial charge on any atom is -0.497 e. The highest BCUT2D eigenvalue weighted by Gasteiger charge is 2.27. The van der Waals surface area contributed by atoms with E-state index in [2.05, 4.69) is 0 Å². The number of likely N-dealkylation sites (tertiary alicyclic amines) is 1. The van der Waals surface area contributed by atoms with Crippen molar-refractivity contribution >= 4 is 18.3 Å². The van der Waals surface area contributed by atoms with Gasteiger partial charge in [-0.15, -0.1) is 12.4 Å². The number of hydrogen-bond donors (Lipinski definition) is 1. The first-order valence-electron chi connectivity index (χ1n) is 6.51. The van der Waals surface area contributed by atoms with Crippen LogP contribution in [0.25, 0.3) is 0 Å². The third-order valence-corrected chi connectivity index (χ3v) is 3.37. The molecule has 1 aliphatic heterocycles. The number of nitrogens with two attached hydrogens (primary N) is 1. The average molecular weight is 301 g/mol. The van der Waals surface area contributed by atoms with Crippen molar-refractivity contribution in [3.05, 3.63) is 24.3 Å². The molecule has 1 amide bonds. The second kappa shape index (κ2) is 7.97. The Morgan fingerprint density at radius 1 is 1.45 bits per heavy atom. The molecule has 1 saturated heterocycles. The van der Waals surface area contributed by atoms with E-state index in [9.17, 15) is 4.79 Å². The van der Waals surface area contributed by atoms with E-state index >= 15 is 0 Å². The number of benzene rings is 1. The molecule has 1 heterocycles. The van der Waals surface area contributed by atoms with E-state index in [4.69, 9.17) is 15.2 Å². The van der Waals surface area contributed by atoms with Gasteiger partial charge in [-0.3, -0.25) is 4.79 Å². The number of methoxy groups -OCH3 is 1. The molecule has 0 spiro atoms. The van der Waals surface area contributed by atoms with Gasteiger partial charge in [0, 0.05) is 25.2 Å². The highest BCUT2D eigenvalue weighted by atomic mass is 35.5. The maximum Gasteiger partial charge on any atom is 0.260 e. The fourth-order valence-corrected chi connectivity index (χ4v) is 2.33. The molecule has 1 fully saturated rings. The minimum atomic E-state index is -0.00392. The number of ether oxygens (including phenoxy) is 2. The highest BCUT2D eigenvalue weighted by Crippen LogP contribution is 2.20. The monoisotopic (exact) mass is 300 g/mol. The van der Waals surface area contributed by atoms with Crippen molar-refractivity contribution in [3.8, 4) is 11.5 Å². The van der Waals surface area contributed by atoms with Crippen LogP contribution in [0.1, 0.15) is 12.8 Å². The number of rotatable bonds is 5. The van der Waals surface area contributed by atoms with E-state index in [0.29, 0.717) is 18.0 Å². The van der Waals surface area contributed by atoms with Crippen molar-refractivity contribution in [2.75, 3.05) is 26.8 Å². The number of hydrogen-bond acceptors (Lipinski definition) is 4. The second-order valence-corrected chi connectivity index (χ2v) is 4.59. The summed E-state index contributed by atoms with van der Waals surface area (Å²) in [6.45, 7) is 1.34. The molecule has 0 saturated carbocycles. The molecule has 2 rings (SSSR count). The van der Waals surface area contributed by atoms with Crippen molar-refractivity contribution in [1.29, 1.82) is 0 Å². The summed E-state index contributed by atoms with van der Waals surface area (Å²) in [6.07, 6.45) is 2.01. The highest BCUT2D eigenvalue weighted by molar-refractivity contribution is 5.85. The predicted octanol–water partition coefficient (Wildman–Crippen LogP) is 1.45. The Balaban J connectivity index is 0.00000200. The molecule has 1 aliphatic rings. The van der Waals surface area contributed by atoms with Crippen molar-refractivity contribution in [3.63, 3.8) is 0 Å². The molecule has 1 atom stereocenters. The maximum atomic E-state index is 12.1. The smallest absolute Gasteiger partial charge is 0.260 e. The van der Waals surface area contributed by atoms with Gasteiger partial charge in [-0.2, -0.15) is 0 Å². The lowest BCUT2D eigenvalue weighted by Crippen LogP contribution is -2.42. The first-order chi connectivity index (χ1) is 9.24. The van der Waals surface area contributed by atoms with E-state index in [1.54, 1.807) is 19.2 Å². The normalized spacial score (nSPS) is 17.5. The van der Waals surface area contributed by atoms with Gasteiger partial charge in [-0.1, -0.05) is 6.07 Å². The van der Waals surface area contributed by atoms with Gasteiger partial charge in [-0.05, 0) is 25.0 Å². The molecule has 1 aromatic carbocycles. The van der Waals surface area contributed by atoms with Gasteiger partial charge in [0.2, 0.25) is 0 Å². The fourth-order valence-electron chi connectivity index (χ4n) is 2.33. The summed E-state index contributed by atoms with van der Waals surface area (Å²) in [5.74, 6) is 1.35. The van der Waals surface area contributed by atoms with Gasteiger partial charge in [-0.25, -0.2) is 0 Å². The third kappa shape index (κ3) is 4.02. The summed E-state index contributed by atoms with van der Waals surface area (Å²) in [4.78, 5) is 13.9. The second-order valence-electron chi connectivity index (χ2n) is 4.59. The SMILES string of the molecule is COc1cccc(OCC(=O)N2CCCC2CN)c1.Cl. The van der Waals surface area contributed by atoms with E-state index < -0.39 is 0 Å². The van der Waals surface area contributed by atoms with Crippen LogP contribution < -0.4 is 15.2 Å². The Kier molecular flexibility index (Phi) is 6.61. The summed E-state index contributed by atoms with van der Waals surface area (Å²) in [6, 6.07) is 7.40. The van der Waals surface area contributed by atoms with Crippen LogP contribution in [0, 0.1) is 0 Å². The van der Waals surface area contributed by atoms with Crippen molar-refractivity contribution in [1.82, 2.24) is 4.90 Å². The van der Waals surface area contributed by atoms with Crippen molar-refractivity contribution in [2.24, 2.45) is 5.73 Å². The molecule has 1 unspecified atom stereocenters. The van der Waals surface area contributed by atoms with Crippen LogP contribution in [0.5, 0.6) is 11.5 Å². The largest absolute Gasteiger partial charge is 0.497 e. The summed E-state index contributed by atoms with van der Waals surface area (Å²) in [5, 5.41) is 0. The van der Waals surface area contributed by atoms with Crippen LogP contribution in [0.4, 0.5) is 0 Å². The number of nitrogens with zero attached hydrogens (tertiary/aromatic N) is 1. The predicted molar refractivity (Wildman–Crippen MR) is 79.5 cm³/mol. The quantitative estimate of drug-likeness (QED) is 0.894. The molecular weight excluding hydrogens is 280 g/mol. The van der Waals surface area contributed by atoms with Gasteiger partial charge in [0.1, 0.15) is 11.5 Å². The van der Waals surface area contributed by atoms with Gasteiger partial charge in [0.25, 0.3) is 5.91 Å². The molecule has 0 bridgehead atoms. The van der Waals surface area contributed by atoms with E-state index in [1.165, 1.54) is 0 Å². The number of amides is 1.